The van der Waals surface area contributed by atoms with Gasteiger partial charge in [-0.25, -0.2) is 0 Å². The molecular weight excluding hydrogens is 236 g/mol. The number of rotatable bonds is 7. The molecule has 0 saturated carbocycles. The van der Waals surface area contributed by atoms with Gasteiger partial charge in [-0.05, 0) is 31.0 Å². The molecule has 3 N–H and O–H groups in total. The number of nitrogens with zero attached hydrogens (tertiary/aromatic N) is 1. The molecule has 0 radical (unpaired) electrons. The second kappa shape index (κ2) is 6.51. The first-order chi connectivity index (χ1) is 8.80. The minimum Gasteiger partial charge on any atom is -0.384 e. The van der Waals surface area contributed by atoms with Crippen LogP contribution >= 0.6 is 0 Å². The summed E-state index contributed by atoms with van der Waals surface area (Å²) in [6.07, 6.45) is 0. The summed E-state index contributed by atoms with van der Waals surface area (Å²) in [6, 6.07) is 9.84. The first-order valence-electron chi connectivity index (χ1n) is 7.01. The summed E-state index contributed by atoms with van der Waals surface area (Å²) in [5.74, 6) is 0. The molecule has 0 amide bonds. The highest BCUT2D eigenvalue weighted by molar-refractivity contribution is 5.21. The number of hydrogen-bond acceptors (Lipinski definition) is 3. The Labute approximate surface area is 117 Å². The summed E-state index contributed by atoms with van der Waals surface area (Å²) in [4.78, 5) is 2.26. The Morgan fingerprint density at radius 3 is 2.16 bits per heavy atom. The van der Waals surface area contributed by atoms with Crippen molar-refractivity contribution in [3.63, 3.8) is 0 Å². The summed E-state index contributed by atoms with van der Waals surface area (Å²) in [7, 11) is 0. The van der Waals surface area contributed by atoms with Crippen LogP contribution in [0.5, 0.6) is 0 Å². The Morgan fingerprint density at radius 2 is 1.68 bits per heavy atom. The van der Waals surface area contributed by atoms with Crippen molar-refractivity contribution in [3.8, 4) is 0 Å². The van der Waals surface area contributed by atoms with Gasteiger partial charge in [-0.15, -0.1) is 0 Å². The third-order valence-electron chi connectivity index (χ3n) is 3.58. The first kappa shape index (κ1) is 16.2. The van der Waals surface area contributed by atoms with Gasteiger partial charge >= 0.3 is 0 Å². The Hall–Kier alpha value is -0.900. The topological polar surface area (TPSA) is 49.5 Å². The van der Waals surface area contributed by atoms with E-state index in [1.807, 2.05) is 37.3 Å². The molecule has 0 heterocycles. The molecular formula is C16H28N2O. The van der Waals surface area contributed by atoms with Crippen molar-refractivity contribution in [2.24, 2.45) is 11.1 Å². The molecule has 3 heteroatoms. The minimum absolute atomic E-state index is 0.0722. The molecule has 19 heavy (non-hydrogen) atoms. The van der Waals surface area contributed by atoms with E-state index in [1.54, 1.807) is 0 Å². The van der Waals surface area contributed by atoms with Crippen LogP contribution in [0.25, 0.3) is 0 Å². The van der Waals surface area contributed by atoms with E-state index in [2.05, 4.69) is 25.7 Å². The molecule has 3 nitrogen and oxygen atoms in total. The van der Waals surface area contributed by atoms with Gasteiger partial charge in [-0.2, -0.15) is 0 Å². The van der Waals surface area contributed by atoms with Crippen LogP contribution in [-0.2, 0) is 5.60 Å². The zero-order valence-corrected chi connectivity index (χ0v) is 12.7. The van der Waals surface area contributed by atoms with Gasteiger partial charge in [0, 0.05) is 13.1 Å². The van der Waals surface area contributed by atoms with Crippen molar-refractivity contribution in [2.75, 3.05) is 26.2 Å². The van der Waals surface area contributed by atoms with Crippen LogP contribution in [0.3, 0.4) is 0 Å². The molecule has 108 valence electrons. The van der Waals surface area contributed by atoms with Gasteiger partial charge in [-0.3, -0.25) is 4.90 Å². The fourth-order valence-electron chi connectivity index (χ4n) is 2.27. The summed E-state index contributed by atoms with van der Waals surface area (Å²) in [6.45, 7) is 11.4. The fourth-order valence-corrected chi connectivity index (χ4v) is 2.27. The van der Waals surface area contributed by atoms with E-state index in [0.717, 1.165) is 18.7 Å². The molecule has 0 saturated heterocycles. The Kier molecular flexibility index (Phi) is 5.53. The minimum atomic E-state index is -0.831. The maximum absolute atomic E-state index is 10.7. The normalized spacial score (nSPS) is 15.5. The number of nitrogens with two attached hydrogens (primary N) is 1. The largest absolute Gasteiger partial charge is 0.384 e. The summed E-state index contributed by atoms with van der Waals surface area (Å²) < 4.78 is 0. The summed E-state index contributed by atoms with van der Waals surface area (Å²) >= 11 is 0. The number of benzene rings is 1. The zero-order valence-electron chi connectivity index (χ0n) is 12.7. The van der Waals surface area contributed by atoms with Crippen LogP contribution in [0.4, 0.5) is 0 Å². The third-order valence-corrected chi connectivity index (χ3v) is 3.58. The van der Waals surface area contributed by atoms with E-state index in [4.69, 9.17) is 5.73 Å². The molecule has 1 atom stereocenters. The van der Waals surface area contributed by atoms with Gasteiger partial charge in [0.2, 0.25) is 0 Å². The maximum Gasteiger partial charge on any atom is 0.0994 e. The number of aliphatic hydroxyl groups is 1. The fraction of sp³-hybridized carbons (Fsp3) is 0.625. The summed E-state index contributed by atoms with van der Waals surface area (Å²) in [5, 5.41) is 10.7. The molecule has 0 fully saturated rings. The Bertz CT molecular complexity index is 374. The molecule has 1 aromatic rings. The molecule has 0 aromatic heterocycles. The van der Waals surface area contributed by atoms with Gasteiger partial charge in [0.15, 0.2) is 0 Å². The van der Waals surface area contributed by atoms with Gasteiger partial charge in [-0.1, -0.05) is 51.1 Å². The van der Waals surface area contributed by atoms with Crippen molar-refractivity contribution in [2.45, 2.75) is 33.3 Å². The second-order valence-electron chi connectivity index (χ2n) is 6.31. The summed E-state index contributed by atoms with van der Waals surface area (Å²) in [5.41, 5.74) is 5.99. The molecule has 1 aromatic carbocycles. The molecule has 0 bridgehead atoms. The molecule has 0 aliphatic carbocycles. The van der Waals surface area contributed by atoms with Gasteiger partial charge < -0.3 is 10.8 Å². The van der Waals surface area contributed by atoms with E-state index >= 15 is 0 Å². The van der Waals surface area contributed by atoms with Crippen molar-refractivity contribution in [1.29, 1.82) is 0 Å². The molecule has 1 rings (SSSR count). The van der Waals surface area contributed by atoms with Crippen LogP contribution in [0.2, 0.25) is 0 Å². The smallest absolute Gasteiger partial charge is 0.0994 e. The average Bonchev–Trinajstić information content (AvgIpc) is 2.38. The van der Waals surface area contributed by atoms with Crippen LogP contribution in [0.15, 0.2) is 30.3 Å². The predicted octanol–water partition coefficient (Wildman–Crippen LogP) is 2.20. The van der Waals surface area contributed by atoms with E-state index < -0.39 is 5.60 Å². The molecule has 1 unspecified atom stereocenters. The van der Waals surface area contributed by atoms with Crippen molar-refractivity contribution >= 4 is 0 Å². The van der Waals surface area contributed by atoms with E-state index in [1.165, 1.54) is 0 Å². The van der Waals surface area contributed by atoms with Crippen molar-refractivity contribution < 1.29 is 5.11 Å². The highest BCUT2D eigenvalue weighted by Gasteiger charge is 2.28. The van der Waals surface area contributed by atoms with Crippen LogP contribution < -0.4 is 5.73 Å². The van der Waals surface area contributed by atoms with Crippen LogP contribution in [0.1, 0.15) is 33.3 Å². The standard InChI is InChI=1S/C16H28N2O/c1-5-18(12-15(2,3)11-17)13-16(4,19)14-9-7-6-8-10-14/h6-10,19H,5,11-13,17H2,1-4H3. The Morgan fingerprint density at radius 1 is 1.11 bits per heavy atom. The molecule has 0 aliphatic heterocycles. The zero-order chi connectivity index (χ0) is 14.5. The average molecular weight is 264 g/mol. The van der Waals surface area contributed by atoms with E-state index in [0.29, 0.717) is 13.1 Å². The monoisotopic (exact) mass is 264 g/mol. The SMILES string of the molecule is CCN(CC(C)(C)CN)CC(C)(O)c1ccccc1. The van der Waals surface area contributed by atoms with E-state index in [-0.39, 0.29) is 5.41 Å². The lowest BCUT2D eigenvalue weighted by Gasteiger charge is -2.36. The lowest BCUT2D eigenvalue weighted by Crippen LogP contribution is -2.45. The predicted molar refractivity (Wildman–Crippen MR) is 81.0 cm³/mol. The lowest BCUT2D eigenvalue weighted by molar-refractivity contribution is 0.00780. The Balaban J connectivity index is 2.75. The second-order valence-corrected chi connectivity index (χ2v) is 6.31. The highest BCUT2D eigenvalue weighted by Crippen LogP contribution is 2.23. The first-order valence-corrected chi connectivity index (χ1v) is 7.01. The van der Waals surface area contributed by atoms with Gasteiger partial charge in [0.05, 0.1) is 5.60 Å². The highest BCUT2D eigenvalue weighted by atomic mass is 16.3. The molecule has 0 aliphatic rings. The quantitative estimate of drug-likeness (QED) is 0.794. The number of likely N-dealkylation sites (N-methyl/N-ethyl adjacent to an activating group) is 1. The van der Waals surface area contributed by atoms with Gasteiger partial charge in [0.1, 0.15) is 0 Å². The van der Waals surface area contributed by atoms with E-state index in [9.17, 15) is 5.11 Å². The van der Waals surface area contributed by atoms with Crippen molar-refractivity contribution in [3.05, 3.63) is 35.9 Å². The van der Waals surface area contributed by atoms with Crippen LogP contribution in [0, 0.1) is 5.41 Å². The maximum atomic E-state index is 10.7. The lowest BCUT2D eigenvalue weighted by atomic mass is 9.91. The molecule has 0 spiro atoms. The third kappa shape index (κ3) is 4.94. The number of hydrogen-bond donors (Lipinski definition) is 2. The van der Waals surface area contributed by atoms with Gasteiger partial charge in [0.25, 0.3) is 0 Å². The van der Waals surface area contributed by atoms with Crippen LogP contribution in [-0.4, -0.2) is 36.2 Å². The van der Waals surface area contributed by atoms with Crippen molar-refractivity contribution in [1.82, 2.24) is 4.90 Å².